The Morgan fingerprint density at radius 2 is 1.20 bits per heavy atom. The summed E-state index contributed by atoms with van der Waals surface area (Å²) in [6, 6.07) is -3.56. The Balaban J connectivity index is 5.49. The molecule has 0 aromatic carbocycles. The molecule has 0 saturated heterocycles. The number of nitrogens with two attached hydrogens (primary N) is 2. The molecule has 13 heteroatoms. The number of alkyl carbamates (subject to hydrolysis) is 1. The standard InChI is InChI=1S/C22H41N5O8/c1-22(2,3)35-21(34)27-15(10-11-17(28)29)19(31)25-14(8-4-6-12-23)18(30)26-16(20(32)33)9-5-7-13-24/h14-16H,4-13,23-24H2,1-3H3,(H,25,31)(H,26,30)(H,27,34)(H,28,29)(H,32,33). The summed E-state index contributed by atoms with van der Waals surface area (Å²) in [6.07, 6.45) is 0.890. The summed E-state index contributed by atoms with van der Waals surface area (Å²) in [5.41, 5.74) is 10.1. The lowest BCUT2D eigenvalue weighted by molar-refractivity contribution is -0.142. The first-order valence-corrected chi connectivity index (χ1v) is 11.8. The van der Waals surface area contributed by atoms with Crippen LogP contribution in [0.1, 0.15) is 72.1 Å². The summed E-state index contributed by atoms with van der Waals surface area (Å²) in [6.45, 7) is 5.64. The highest BCUT2D eigenvalue weighted by Crippen LogP contribution is 2.09. The first kappa shape index (κ1) is 32.1. The molecule has 35 heavy (non-hydrogen) atoms. The van der Waals surface area contributed by atoms with Crippen LogP contribution >= 0.6 is 0 Å². The van der Waals surface area contributed by atoms with Crippen LogP contribution in [0.25, 0.3) is 0 Å². The number of unbranched alkanes of at least 4 members (excludes halogenated alkanes) is 2. The number of carbonyl (C=O) groups is 5. The molecule has 0 aromatic heterocycles. The minimum atomic E-state index is -1.29. The number of nitrogens with one attached hydrogen (secondary N) is 3. The van der Waals surface area contributed by atoms with Gasteiger partial charge < -0.3 is 42.4 Å². The molecule has 0 aliphatic heterocycles. The molecule has 0 saturated carbocycles. The minimum Gasteiger partial charge on any atom is -0.481 e. The Bertz CT molecular complexity index is 710. The molecule has 0 bridgehead atoms. The van der Waals surface area contributed by atoms with Gasteiger partial charge in [0.15, 0.2) is 0 Å². The summed E-state index contributed by atoms with van der Waals surface area (Å²) in [4.78, 5) is 60.5. The molecule has 0 fully saturated rings. The molecule has 0 aliphatic carbocycles. The average molecular weight is 504 g/mol. The summed E-state index contributed by atoms with van der Waals surface area (Å²) in [5, 5.41) is 25.7. The summed E-state index contributed by atoms with van der Waals surface area (Å²) in [5.74, 6) is -3.88. The van der Waals surface area contributed by atoms with E-state index in [2.05, 4.69) is 16.0 Å². The quantitative estimate of drug-likeness (QED) is 0.132. The van der Waals surface area contributed by atoms with Crippen LogP contribution in [0.3, 0.4) is 0 Å². The van der Waals surface area contributed by atoms with E-state index in [-0.39, 0.29) is 19.3 Å². The predicted molar refractivity (Wildman–Crippen MR) is 127 cm³/mol. The van der Waals surface area contributed by atoms with Crippen LogP contribution in [0, 0.1) is 0 Å². The van der Waals surface area contributed by atoms with Gasteiger partial charge in [-0.1, -0.05) is 0 Å². The highest BCUT2D eigenvalue weighted by Gasteiger charge is 2.30. The van der Waals surface area contributed by atoms with Gasteiger partial charge in [0, 0.05) is 6.42 Å². The van der Waals surface area contributed by atoms with E-state index in [9.17, 15) is 29.1 Å². The maximum Gasteiger partial charge on any atom is 0.408 e. The molecule has 13 nitrogen and oxygen atoms in total. The molecule has 0 radical (unpaired) electrons. The Morgan fingerprint density at radius 3 is 1.63 bits per heavy atom. The number of amides is 3. The lowest BCUT2D eigenvalue weighted by atomic mass is 10.0. The fourth-order valence-electron chi connectivity index (χ4n) is 3.04. The van der Waals surface area contributed by atoms with Gasteiger partial charge in [-0.25, -0.2) is 9.59 Å². The second-order valence-corrected chi connectivity index (χ2v) is 9.16. The molecule has 202 valence electrons. The first-order chi connectivity index (χ1) is 16.3. The van der Waals surface area contributed by atoms with Gasteiger partial charge in [0.2, 0.25) is 11.8 Å². The van der Waals surface area contributed by atoms with Crippen molar-refractivity contribution in [2.75, 3.05) is 13.1 Å². The van der Waals surface area contributed by atoms with Crippen molar-refractivity contribution in [3.63, 3.8) is 0 Å². The summed E-state index contributed by atoms with van der Waals surface area (Å²) >= 11 is 0. The Kier molecular flexibility index (Phi) is 15.3. The lowest BCUT2D eigenvalue weighted by Crippen LogP contribution is -2.56. The smallest absolute Gasteiger partial charge is 0.408 e. The van der Waals surface area contributed by atoms with E-state index in [1.807, 2.05) is 0 Å². The van der Waals surface area contributed by atoms with Gasteiger partial charge in [-0.2, -0.15) is 0 Å². The van der Waals surface area contributed by atoms with Crippen molar-refractivity contribution in [2.45, 2.75) is 95.9 Å². The molecule has 3 unspecified atom stereocenters. The fraction of sp³-hybridized carbons (Fsp3) is 0.773. The van der Waals surface area contributed by atoms with Crippen molar-refractivity contribution in [1.29, 1.82) is 0 Å². The topological polar surface area (TPSA) is 223 Å². The van der Waals surface area contributed by atoms with Crippen molar-refractivity contribution < 1.29 is 38.9 Å². The number of hydrogen-bond donors (Lipinski definition) is 7. The van der Waals surface area contributed by atoms with Gasteiger partial charge in [-0.3, -0.25) is 14.4 Å². The Morgan fingerprint density at radius 1 is 0.743 bits per heavy atom. The van der Waals surface area contributed by atoms with E-state index in [4.69, 9.17) is 21.3 Å². The monoisotopic (exact) mass is 503 g/mol. The maximum atomic E-state index is 12.9. The van der Waals surface area contributed by atoms with E-state index >= 15 is 0 Å². The molecule has 0 spiro atoms. The molecular weight excluding hydrogens is 462 g/mol. The Hall–Kier alpha value is -2.93. The van der Waals surface area contributed by atoms with Crippen molar-refractivity contribution >= 4 is 29.8 Å². The van der Waals surface area contributed by atoms with E-state index in [1.54, 1.807) is 20.8 Å². The number of rotatable bonds is 17. The van der Waals surface area contributed by atoms with Crippen molar-refractivity contribution in [2.24, 2.45) is 11.5 Å². The lowest BCUT2D eigenvalue weighted by Gasteiger charge is -2.26. The van der Waals surface area contributed by atoms with Crippen LogP contribution in [0.15, 0.2) is 0 Å². The predicted octanol–water partition coefficient (Wildman–Crippen LogP) is 0.0567. The number of carbonyl (C=O) groups excluding carboxylic acids is 3. The fourth-order valence-corrected chi connectivity index (χ4v) is 3.04. The molecule has 3 atom stereocenters. The number of carboxylic acid groups (broad SMARTS) is 2. The molecule has 0 rings (SSSR count). The summed E-state index contributed by atoms with van der Waals surface area (Å²) < 4.78 is 5.14. The van der Waals surface area contributed by atoms with Crippen molar-refractivity contribution in [3.05, 3.63) is 0 Å². The molecular formula is C22H41N5O8. The molecule has 0 heterocycles. The summed E-state index contributed by atoms with van der Waals surface area (Å²) in [7, 11) is 0. The molecule has 9 N–H and O–H groups in total. The molecule has 0 aliphatic rings. The maximum absolute atomic E-state index is 12.9. The SMILES string of the molecule is CC(C)(C)OC(=O)NC(CCC(=O)O)C(=O)NC(CCCCN)C(=O)NC(CCCCN)C(=O)O. The third-order valence-corrected chi connectivity index (χ3v) is 4.80. The third-order valence-electron chi connectivity index (χ3n) is 4.80. The second kappa shape index (κ2) is 16.7. The van der Waals surface area contributed by atoms with E-state index in [0.29, 0.717) is 38.8 Å². The number of hydrogen-bond acceptors (Lipinski definition) is 8. The first-order valence-electron chi connectivity index (χ1n) is 11.8. The Labute approximate surface area is 205 Å². The largest absolute Gasteiger partial charge is 0.481 e. The second-order valence-electron chi connectivity index (χ2n) is 9.16. The average Bonchev–Trinajstić information content (AvgIpc) is 2.73. The van der Waals surface area contributed by atoms with Gasteiger partial charge in [0.1, 0.15) is 23.7 Å². The van der Waals surface area contributed by atoms with Crippen LogP contribution < -0.4 is 27.4 Å². The number of ether oxygens (including phenoxy) is 1. The molecule has 3 amide bonds. The van der Waals surface area contributed by atoms with Crippen LogP contribution in [-0.2, 0) is 23.9 Å². The van der Waals surface area contributed by atoms with Crippen LogP contribution in [-0.4, -0.2) is 76.9 Å². The van der Waals surface area contributed by atoms with Crippen LogP contribution in [0.4, 0.5) is 4.79 Å². The van der Waals surface area contributed by atoms with Gasteiger partial charge in [0.25, 0.3) is 0 Å². The number of aliphatic carboxylic acids is 2. The van der Waals surface area contributed by atoms with Gasteiger partial charge in [-0.15, -0.1) is 0 Å². The van der Waals surface area contributed by atoms with Crippen LogP contribution in [0.5, 0.6) is 0 Å². The zero-order valence-electron chi connectivity index (χ0n) is 20.8. The molecule has 0 aromatic rings. The van der Waals surface area contributed by atoms with Crippen molar-refractivity contribution in [1.82, 2.24) is 16.0 Å². The van der Waals surface area contributed by atoms with Gasteiger partial charge in [-0.05, 0) is 78.8 Å². The minimum absolute atomic E-state index is 0.169. The van der Waals surface area contributed by atoms with E-state index in [0.717, 1.165) is 0 Å². The zero-order chi connectivity index (χ0) is 27.0. The van der Waals surface area contributed by atoms with E-state index < -0.39 is 60.0 Å². The highest BCUT2D eigenvalue weighted by molar-refractivity contribution is 5.93. The van der Waals surface area contributed by atoms with E-state index in [1.165, 1.54) is 0 Å². The van der Waals surface area contributed by atoms with Gasteiger partial charge >= 0.3 is 18.0 Å². The van der Waals surface area contributed by atoms with Crippen molar-refractivity contribution in [3.8, 4) is 0 Å². The van der Waals surface area contributed by atoms with Gasteiger partial charge in [0.05, 0.1) is 0 Å². The normalized spacial score (nSPS) is 13.7. The zero-order valence-corrected chi connectivity index (χ0v) is 20.8. The third kappa shape index (κ3) is 15.6. The van der Waals surface area contributed by atoms with Crippen LogP contribution in [0.2, 0.25) is 0 Å². The number of carboxylic acids is 2. The highest BCUT2D eigenvalue weighted by atomic mass is 16.6.